The van der Waals surface area contributed by atoms with Crippen molar-refractivity contribution < 1.29 is 19.0 Å². The maximum Gasteiger partial charge on any atom is 0.302 e. The molecule has 0 bridgehead atoms. The highest BCUT2D eigenvalue weighted by molar-refractivity contribution is 5.65. The third kappa shape index (κ3) is 16.2. The summed E-state index contributed by atoms with van der Waals surface area (Å²) in [5, 5.41) is 0. The monoisotopic (exact) mass is 178 g/mol. The summed E-state index contributed by atoms with van der Waals surface area (Å²) in [7, 11) is 3.21. The quantitative estimate of drug-likeness (QED) is 0.481. The van der Waals surface area contributed by atoms with E-state index in [0.29, 0.717) is 6.61 Å². The van der Waals surface area contributed by atoms with E-state index in [9.17, 15) is 4.79 Å². The van der Waals surface area contributed by atoms with Crippen LogP contribution in [0.5, 0.6) is 0 Å². The molecule has 0 unspecified atom stereocenters. The van der Waals surface area contributed by atoms with E-state index in [2.05, 4.69) is 14.2 Å². The highest BCUT2D eigenvalue weighted by Crippen LogP contribution is 1.82. The van der Waals surface area contributed by atoms with Crippen molar-refractivity contribution in [1.82, 2.24) is 0 Å². The van der Waals surface area contributed by atoms with E-state index in [1.165, 1.54) is 6.92 Å². The number of methoxy groups -OCH3 is 2. The van der Waals surface area contributed by atoms with Crippen LogP contribution < -0.4 is 0 Å². The van der Waals surface area contributed by atoms with Gasteiger partial charge in [0.25, 0.3) is 0 Å². The summed E-state index contributed by atoms with van der Waals surface area (Å²) in [6.45, 7) is 5.49. The Kier molecular flexibility index (Phi) is 12.1. The molecular weight excluding hydrogens is 160 g/mol. The number of hydrogen-bond donors (Lipinski definition) is 0. The van der Waals surface area contributed by atoms with Crippen LogP contribution >= 0.6 is 0 Å². The highest BCUT2D eigenvalue weighted by Gasteiger charge is 1.87. The first-order valence-corrected chi connectivity index (χ1v) is 3.77. The molecule has 0 saturated heterocycles. The second-order valence-electron chi connectivity index (χ2n) is 1.96. The van der Waals surface area contributed by atoms with Gasteiger partial charge >= 0.3 is 5.97 Å². The van der Waals surface area contributed by atoms with Gasteiger partial charge in [-0.25, -0.2) is 0 Å². The molecule has 0 radical (unpaired) electrons. The minimum atomic E-state index is -0.211. The Bertz CT molecular complexity index is 99.2. The van der Waals surface area contributed by atoms with Crippen molar-refractivity contribution in [3.05, 3.63) is 0 Å². The van der Waals surface area contributed by atoms with Crippen molar-refractivity contribution in [2.45, 2.75) is 27.1 Å². The van der Waals surface area contributed by atoms with Gasteiger partial charge in [-0.15, -0.1) is 0 Å². The molecule has 0 aromatic rings. The second kappa shape index (κ2) is 10.4. The largest absolute Gasteiger partial charge is 0.466 e. The van der Waals surface area contributed by atoms with Gasteiger partial charge in [-0.1, -0.05) is 0 Å². The van der Waals surface area contributed by atoms with E-state index in [1.54, 1.807) is 21.1 Å². The fourth-order valence-corrected chi connectivity index (χ4v) is 0.299. The Balaban J connectivity index is 0. The lowest BCUT2D eigenvalue weighted by Crippen LogP contribution is -2.05. The van der Waals surface area contributed by atoms with Gasteiger partial charge in [-0.2, -0.15) is 0 Å². The molecule has 0 aromatic heterocycles. The number of carbonyl (C=O) groups excluding carboxylic acids is 1. The van der Waals surface area contributed by atoms with Crippen LogP contribution in [-0.4, -0.2) is 33.1 Å². The van der Waals surface area contributed by atoms with Gasteiger partial charge in [-0.3, -0.25) is 4.79 Å². The van der Waals surface area contributed by atoms with Gasteiger partial charge in [0.15, 0.2) is 6.29 Å². The summed E-state index contributed by atoms with van der Waals surface area (Å²) in [6, 6.07) is 0. The fourth-order valence-electron chi connectivity index (χ4n) is 0.299. The van der Waals surface area contributed by atoms with E-state index >= 15 is 0 Å². The molecule has 0 spiro atoms. The molecule has 0 amide bonds. The van der Waals surface area contributed by atoms with E-state index < -0.39 is 0 Å². The van der Waals surface area contributed by atoms with Crippen LogP contribution in [0.4, 0.5) is 0 Å². The number of ether oxygens (including phenoxy) is 3. The SMILES string of the molecule is CCOC(C)=O.COC(C)OC. The molecule has 0 heterocycles. The van der Waals surface area contributed by atoms with Gasteiger partial charge in [0, 0.05) is 21.1 Å². The molecule has 12 heavy (non-hydrogen) atoms. The fraction of sp³-hybridized carbons (Fsp3) is 0.875. The predicted molar refractivity (Wildman–Crippen MR) is 45.8 cm³/mol. The molecule has 0 atom stereocenters. The van der Waals surface area contributed by atoms with Gasteiger partial charge in [0.1, 0.15) is 0 Å². The zero-order chi connectivity index (χ0) is 9.98. The summed E-state index contributed by atoms with van der Waals surface area (Å²) in [4.78, 5) is 9.82. The smallest absolute Gasteiger partial charge is 0.302 e. The second-order valence-corrected chi connectivity index (χ2v) is 1.96. The number of esters is 1. The summed E-state index contributed by atoms with van der Waals surface area (Å²) < 4.78 is 13.8. The Hall–Kier alpha value is -0.610. The molecular formula is C8H18O4. The molecule has 0 aliphatic rings. The van der Waals surface area contributed by atoms with Gasteiger partial charge in [0.05, 0.1) is 6.61 Å². The average molecular weight is 178 g/mol. The van der Waals surface area contributed by atoms with Crippen molar-refractivity contribution in [1.29, 1.82) is 0 Å². The zero-order valence-corrected chi connectivity index (χ0v) is 8.42. The molecule has 0 aliphatic heterocycles. The maximum atomic E-state index is 9.82. The average Bonchev–Trinajstić information content (AvgIpc) is 2.04. The molecule has 0 rings (SSSR count). The number of rotatable bonds is 3. The molecule has 74 valence electrons. The van der Waals surface area contributed by atoms with E-state index in [1.807, 2.05) is 6.92 Å². The molecule has 4 heteroatoms. The van der Waals surface area contributed by atoms with Crippen LogP contribution in [0.1, 0.15) is 20.8 Å². The molecule has 0 aliphatic carbocycles. The molecule has 0 aromatic carbocycles. The maximum absolute atomic E-state index is 9.82. The topological polar surface area (TPSA) is 44.8 Å². The first kappa shape index (κ1) is 13.9. The van der Waals surface area contributed by atoms with E-state index in [4.69, 9.17) is 0 Å². The van der Waals surface area contributed by atoms with Crippen molar-refractivity contribution in [3.63, 3.8) is 0 Å². The van der Waals surface area contributed by atoms with Crippen LogP contribution in [0.15, 0.2) is 0 Å². The minimum Gasteiger partial charge on any atom is -0.466 e. The zero-order valence-electron chi connectivity index (χ0n) is 8.42. The first-order valence-electron chi connectivity index (χ1n) is 3.77. The van der Waals surface area contributed by atoms with Crippen molar-refractivity contribution in [2.75, 3.05) is 20.8 Å². The Morgan fingerprint density at radius 2 is 1.75 bits per heavy atom. The summed E-state index contributed by atoms with van der Waals surface area (Å²) in [5.74, 6) is -0.211. The van der Waals surface area contributed by atoms with E-state index in [0.717, 1.165) is 0 Å². The minimum absolute atomic E-state index is 0.0648. The Labute approximate surface area is 73.8 Å². The third-order valence-corrected chi connectivity index (χ3v) is 1.01. The van der Waals surface area contributed by atoms with Crippen LogP contribution in [-0.2, 0) is 19.0 Å². The van der Waals surface area contributed by atoms with Crippen LogP contribution in [0.3, 0.4) is 0 Å². The lowest BCUT2D eigenvalue weighted by Gasteiger charge is -2.03. The van der Waals surface area contributed by atoms with Gasteiger partial charge in [-0.05, 0) is 13.8 Å². The Morgan fingerprint density at radius 1 is 1.33 bits per heavy atom. The van der Waals surface area contributed by atoms with Crippen molar-refractivity contribution in [2.24, 2.45) is 0 Å². The van der Waals surface area contributed by atoms with Gasteiger partial charge in [0.2, 0.25) is 0 Å². The number of hydrogen-bond acceptors (Lipinski definition) is 4. The standard InChI is InChI=1S/C4H10O2.C4H8O2/c1-4(5-2)6-3;1-3-6-4(2)5/h4H,1-3H3;3H2,1-2H3. The predicted octanol–water partition coefficient (Wildman–Crippen LogP) is 1.19. The molecule has 0 N–H and O–H groups in total. The van der Waals surface area contributed by atoms with Crippen molar-refractivity contribution in [3.8, 4) is 0 Å². The normalized spacial score (nSPS) is 8.83. The summed E-state index contributed by atoms with van der Waals surface area (Å²) >= 11 is 0. The van der Waals surface area contributed by atoms with Crippen LogP contribution in [0, 0.1) is 0 Å². The lowest BCUT2D eigenvalue weighted by molar-refractivity contribution is -0.140. The van der Waals surface area contributed by atoms with Crippen LogP contribution in [0.2, 0.25) is 0 Å². The summed E-state index contributed by atoms with van der Waals surface area (Å²) in [6.07, 6.45) is -0.0648. The molecule has 0 fully saturated rings. The lowest BCUT2D eigenvalue weighted by atomic mass is 10.8. The van der Waals surface area contributed by atoms with Crippen LogP contribution in [0.25, 0.3) is 0 Å². The Morgan fingerprint density at radius 3 is 1.75 bits per heavy atom. The molecule has 0 saturated carbocycles. The number of carbonyl (C=O) groups is 1. The summed E-state index contributed by atoms with van der Waals surface area (Å²) in [5.41, 5.74) is 0. The van der Waals surface area contributed by atoms with Gasteiger partial charge < -0.3 is 14.2 Å². The molecule has 4 nitrogen and oxygen atoms in total. The van der Waals surface area contributed by atoms with E-state index in [-0.39, 0.29) is 12.3 Å². The highest BCUT2D eigenvalue weighted by atomic mass is 16.7. The third-order valence-electron chi connectivity index (χ3n) is 1.01. The first-order chi connectivity index (χ1) is 5.58. The van der Waals surface area contributed by atoms with Crippen molar-refractivity contribution >= 4 is 5.97 Å².